The van der Waals surface area contributed by atoms with Crippen LogP contribution < -0.4 is 10.6 Å². The SMILES string of the molecule is CCC(CNC(=NC)NCCCOCC1CCOC1)N1CCCC1.I. The van der Waals surface area contributed by atoms with Crippen LogP contribution in [-0.4, -0.2) is 76.6 Å². The summed E-state index contributed by atoms with van der Waals surface area (Å²) >= 11 is 0. The summed E-state index contributed by atoms with van der Waals surface area (Å²) in [5.74, 6) is 1.50. The van der Waals surface area contributed by atoms with Gasteiger partial charge in [-0.2, -0.15) is 0 Å². The van der Waals surface area contributed by atoms with E-state index in [2.05, 4.69) is 27.4 Å². The second-order valence-corrected chi connectivity index (χ2v) is 6.84. The predicted molar refractivity (Wildman–Crippen MR) is 114 cm³/mol. The van der Waals surface area contributed by atoms with Crippen LogP contribution in [0.2, 0.25) is 0 Å². The van der Waals surface area contributed by atoms with Crippen LogP contribution in [0.3, 0.4) is 0 Å². The zero-order chi connectivity index (χ0) is 17.0. The Morgan fingerprint density at radius 3 is 2.76 bits per heavy atom. The number of nitrogens with zero attached hydrogens (tertiary/aromatic N) is 2. The second-order valence-electron chi connectivity index (χ2n) is 6.84. The Morgan fingerprint density at radius 2 is 2.12 bits per heavy atom. The van der Waals surface area contributed by atoms with Gasteiger partial charge in [0.1, 0.15) is 0 Å². The number of aliphatic imine (C=N–C) groups is 1. The van der Waals surface area contributed by atoms with E-state index in [1.54, 1.807) is 0 Å². The van der Waals surface area contributed by atoms with E-state index in [0.717, 1.165) is 58.3 Å². The molecule has 2 aliphatic rings. The number of guanidine groups is 1. The van der Waals surface area contributed by atoms with Gasteiger partial charge in [0.15, 0.2) is 5.96 Å². The molecule has 0 amide bonds. The molecule has 0 bridgehead atoms. The van der Waals surface area contributed by atoms with E-state index in [1.807, 2.05) is 7.05 Å². The van der Waals surface area contributed by atoms with E-state index in [4.69, 9.17) is 9.47 Å². The average Bonchev–Trinajstić information content (AvgIpc) is 3.30. The Bertz CT molecular complexity index is 359. The zero-order valence-electron chi connectivity index (χ0n) is 16.0. The maximum Gasteiger partial charge on any atom is 0.191 e. The van der Waals surface area contributed by atoms with Crippen LogP contribution >= 0.6 is 24.0 Å². The molecule has 2 unspecified atom stereocenters. The molecule has 7 heteroatoms. The number of nitrogens with one attached hydrogen (secondary N) is 2. The minimum Gasteiger partial charge on any atom is -0.381 e. The van der Waals surface area contributed by atoms with Gasteiger partial charge in [0.2, 0.25) is 0 Å². The largest absolute Gasteiger partial charge is 0.381 e. The monoisotopic (exact) mass is 468 g/mol. The Morgan fingerprint density at radius 1 is 1.32 bits per heavy atom. The lowest BCUT2D eigenvalue weighted by Gasteiger charge is -2.27. The minimum atomic E-state index is 0. The smallest absolute Gasteiger partial charge is 0.191 e. The second kappa shape index (κ2) is 14.0. The van der Waals surface area contributed by atoms with Crippen molar-refractivity contribution in [2.75, 3.05) is 59.7 Å². The zero-order valence-corrected chi connectivity index (χ0v) is 18.3. The van der Waals surface area contributed by atoms with Gasteiger partial charge in [-0.25, -0.2) is 0 Å². The van der Waals surface area contributed by atoms with E-state index in [-0.39, 0.29) is 24.0 Å². The summed E-state index contributed by atoms with van der Waals surface area (Å²) in [6.45, 7) is 10.0. The van der Waals surface area contributed by atoms with Gasteiger partial charge in [-0.15, -0.1) is 24.0 Å². The van der Waals surface area contributed by atoms with E-state index in [0.29, 0.717) is 12.0 Å². The summed E-state index contributed by atoms with van der Waals surface area (Å²) in [6.07, 6.45) is 6.01. The molecule has 2 N–H and O–H groups in total. The van der Waals surface area contributed by atoms with E-state index in [9.17, 15) is 0 Å². The number of likely N-dealkylation sites (tertiary alicyclic amines) is 1. The highest BCUT2D eigenvalue weighted by atomic mass is 127. The molecular formula is C18H37IN4O2. The number of ether oxygens (including phenoxy) is 2. The van der Waals surface area contributed by atoms with Crippen LogP contribution in [0.1, 0.15) is 39.0 Å². The first-order chi connectivity index (χ1) is 11.8. The average molecular weight is 468 g/mol. The molecule has 0 aromatic rings. The fraction of sp³-hybridized carbons (Fsp3) is 0.944. The minimum absolute atomic E-state index is 0. The maximum absolute atomic E-state index is 5.73. The molecule has 0 radical (unpaired) electrons. The van der Waals surface area contributed by atoms with Gasteiger partial charge in [0, 0.05) is 45.3 Å². The van der Waals surface area contributed by atoms with Crippen molar-refractivity contribution < 1.29 is 9.47 Å². The van der Waals surface area contributed by atoms with Crippen molar-refractivity contribution in [2.45, 2.75) is 45.1 Å². The summed E-state index contributed by atoms with van der Waals surface area (Å²) in [6, 6.07) is 0.614. The first kappa shape index (κ1) is 22.9. The Kier molecular flexibility index (Phi) is 12.8. The molecule has 0 aromatic carbocycles. The molecule has 2 fully saturated rings. The van der Waals surface area contributed by atoms with Gasteiger partial charge in [-0.1, -0.05) is 6.92 Å². The van der Waals surface area contributed by atoms with Gasteiger partial charge in [0.05, 0.1) is 13.2 Å². The van der Waals surface area contributed by atoms with Crippen molar-refractivity contribution in [3.8, 4) is 0 Å². The molecule has 2 rings (SSSR count). The summed E-state index contributed by atoms with van der Waals surface area (Å²) in [5.41, 5.74) is 0. The Hall–Kier alpha value is -0.120. The van der Waals surface area contributed by atoms with Crippen molar-refractivity contribution >= 4 is 29.9 Å². The van der Waals surface area contributed by atoms with E-state index in [1.165, 1.54) is 32.4 Å². The van der Waals surface area contributed by atoms with Gasteiger partial charge >= 0.3 is 0 Å². The van der Waals surface area contributed by atoms with Crippen LogP contribution in [-0.2, 0) is 9.47 Å². The Balaban J connectivity index is 0.00000312. The molecule has 25 heavy (non-hydrogen) atoms. The highest BCUT2D eigenvalue weighted by molar-refractivity contribution is 14.0. The van der Waals surface area contributed by atoms with Crippen LogP contribution in [0.25, 0.3) is 0 Å². The molecule has 2 saturated heterocycles. The topological polar surface area (TPSA) is 58.1 Å². The van der Waals surface area contributed by atoms with Crippen LogP contribution in [0.15, 0.2) is 4.99 Å². The van der Waals surface area contributed by atoms with Gasteiger partial charge < -0.3 is 20.1 Å². The van der Waals surface area contributed by atoms with Crippen molar-refractivity contribution in [3.63, 3.8) is 0 Å². The lowest BCUT2D eigenvalue weighted by molar-refractivity contribution is 0.0888. The summed E-state index contributed by atoms with van der Waals surface area (Å²) in [7, 11) is 1.84. The van der Waals surface area contributed by atoms with Crippen LogP contribution in [0, 0.1) is 5.92 Å². The molecule has 2 aliphatic heterocycles. The van der Waals surface area contributed by atoms with E-state index < -0.39 is 0 Å². The molecule has 6 nitrogen and oxygen atoms in total. The summed E-state index contributed by atoms with van der Waals surface area (Å²) in [5, 5.41) is 6.86. The highest BCUT2D eigenvalue weighted by Crippen LogP contribution is 2.13. The number of halogens is 1. The predicted octanol–water partition coefficient (Wildman–Crippen LogP) is 2.09. The highest BCUT2D eigenvalue weighted by Gasteiger charge is 2.20. The standard InChI is InChI=1S/C18H36N4O2.HI/c1-3-17(22-9-4-5-10-22)13-21-18(19-2)20-8-6-11-23-14-16-7-12-24-15-16;/h16-17H,3-15H2,1-2H3,(H2,19,20,21);1H. The fourth-order valence-electron chi connectivity index (χ4n) is 3.42. The van der Waals surface area contributed by atoms with Gasteiger partial charge in [0.25, 0.3) is 0 Å². The van der Waals surface area contributed by atoms with Crippen molar-refractivity contribution in [3.05, 3.63) is 0 Å². The Labute approximate surface area is 170 Å². The molecule has 2 atom stereocenters. The quantitative estimate of drug-likeness (QED) is 0.223. The molecule has 0 spiro atoms. The summed E-state index contributed by atoms with van der Waals surface area (Å²) in [4.78, 5) is 6.92. The molecule has 0 saturated carbocycles. The summed E-state index contributed by atoms with van der Waals surface area (Å²) < 4.78 is 11.1. The third-order valence-electron chi connectivity index (χ3n) is 4.99. The fourth-order valence-corrected chi connectivity index (χ4v) is 3.42. The lowest BCUT2D eigenvalue weighted by Crippen LogP contribution is -2.46. The van der Waals surface area contributed by atoms with Crippen molar-refractivity contribution in [1.82, 2.24) is 15.5 Å². The van der Waals surface area contributed by atoms with Crippen LogP contribution in [0.5, 0.6) is 0 Å². The number of hydrogen-bond acceptors (Lipinski definition) is 4. The third kappa shape index (κ3) is 8.88. The molecule has 0 aromatic heterocycles. The van der Waals surface area contributed by atoms with Crippen molar-refractivity contribution in [1.29, 1.82) is 0 Å². The van der Waals surface area contributed by atoms with Crippen LogP contribution in [0.4, 0.5) is 0 Å². The van der Waals surface area contributed by atoms with Gasteiger partial charge in [-0.05, 0) is 45.2 Å². The lowest BCUT2D eigenvalue weighted by atomic mass is 10.1. The van der Waals surface area contributed by atoms with Crippen molar-refractivity contribution in [2.24, 2.45) is 10.9 Å². The molecule has 148 valence electrons. The number of hydrogen-bond donors (Lipinski definition) is 2. The molecular weight excluding hydrogens is 431 g/mol. The van der Waals surface area contributed by atoms with E-state index >= 15 is 0 Å². The maximum atomic E-state index is 5.73. The molecule has 2 heterocycles. The van der Waals surface area contributed by atoms with Gasteiger partial charge in [-0.3, -0.25) is 9.89 Å². The third-order valence-corrected chi connectivity index (χ3v) is 4.99. The first-order valence-corrected chi connectivity index (χ1v) is 9.67. The first-order valence-electron chi connectivity index (χ1n) is 9.67. The number of rotatable bonds is 10. The normalized spacial score (nSPS) is 22.6. The molecule has 0 aliphatic carbocycles.